The minimum Gasteiger partial charge on any atom is -0.394 e. The van der Waals surface area contributed by atoms with Crippen molar-refractivity contribution in [1.29, 1.82) is 0 Å². The van der Waals surface area contributed by atoms with Gasteiger partial charge in [0.2, 0.25) is 0 Å². The zero-order valence-electron chi connectivity index (χ0n) is 18.6. The summed E-state index contributed by atoms with van der Waals surface area (Å²) in [6, 6.07) is 7.19. The Morgan fingerprint density at radius 2 is 1.74 bits per heavy atom. The summed E-state index contributed by atoms with van der Waals surface area (Å²) in [5, 5.41) is 14.9. The van der Waals surface area contributed by atoms with Crippen molar-refractivity contribution in [3.63, 3.8) is 0 Å². The van der Waals surface area contributed by atoms with Crippen molar-refractivity contribution < 1.29 is 31.9 Å². The molecule has 0 spiro atoms. The zero-order chi connectivity index (χ0) is 25.0. The van der Waals surface area contributed by atoms with Gasteiger partial charge in [0.05, 0.1) is 23.4 Å². The van der Waals surface area contributed by atoms with Gasteiger partial charge in [-0.3, -0.25) is 0 Å². The van der Waals surface area contributed by atoms with Crippen LogP contribution in [0.5, 0.6) is 0 Å². The third-order valence-corrected chi connectivity index (χ3v) is 7.07. The summed E-state index contributed by atoms with van der Waals surface area (Å²) in [7, 11) is 0. The van der Waals surface area contributed by atoms with E-state index in [4.69, 9.17) is 0 Å². The van der Waals surface area contributed by atoms with Gasteiger partial charge in [-0.05, 0) is 66.1 Å². The lowest BCUT2D eigenvalue weighted by atomic mass is 9.70. The number of aliphatic hydroxyl groups excluding tert-OH is 1. The standard InChI is InChI=1S/C25H24F5N3O2/c26-16-3-1-14(2-4-16)21-20(18-7-17(27)8-19(28)22(18)32-21)15-5-13(6-15)9-31-23(35)33-24(12-34)10-25(29,30)11-24/h1-4,7-8,13,15,32,34H,5-6,9-12H2,(H2,31,33,35)/t13-,15-. The van der Waals surface area contributed by atoms with Gasteiger partial charge in [-0.25, -0.2) is 26.7 Å². The largest absolute Gasteiger partial charge is 0.394 e. The molecule has 4 N–H and O–H groups in total. The van der Waals surface area contributed by atoms with Crippen molar-refractivity contribution in [2.24, 2.45) is 5.92 Å². The quantitative estimate of drug-likeness (QED) is 0.356. The zero-order valence-corrected chi connectivity index (χ0v) is 18.6. The summed E-state index contributed by atoms with van der Waals surface area (Å²) in [5.74, 6) is -4.70. The normalized spacial score (nSPS) is 22.3. The summed E-state index contributed by atoms with van der Waals surface area (Å²) in [5.41, 5.74) is 0.840. The minimum absolute atomic E-state index is 0.0472. The SMILES string of the molecule is O=C(NC[C@H]1C[C@H](c2c(-c3ccc(F)cc3)[nH]c3c(F)cc(F)cc32)C1)NC1(CO)CC(F)(F)C1. The summed E-state index contributed by atoms with van der Waals surface area (Å²) in [6.45, 7) is -0.279. The Hall–Kier alpha value is -3.14. The number of rotatable bonds is 6. The third-order valence-electron chi connectivity index (χ3n) is 7.07. The lowest BCUT2D eigenvalue weighted by Crippen LogP contribution is -2.66. The van der Waals surface area contributed by atoms with Crippen LogP contribution in [0.25, 0.3) is 22.2 Å². The van der Waals surface area contributed by atoms with Gasteiger partial charge in [-0.15, -0.1) is 0 Å². The molecule has 2 saturated carbocycles. The highest BCUT2D eigenvalue weighted by Gasteiger charge is 2.57. The highest BCUT2D eigenvalue weighted by atomic mass is 19.3. The van der Waals surface area contributed by atoms with E-state index in [-0.39, 0.29) is 23.9 Å². The smallest absolute Gasteiger partial charge is 0.315 e. The van der Waals surface area contributed by atoms with Crippen LogP contribution in [0, 0.1) is 23.4 Å². The van der Waals surface area contributed by atoms with Crippen LogP contribution in [0.15, 0.2) is 36.4 Å². The van der Waals surface area contributed by atoms with Gasteiger partial charge in [0, 0.05) is 30.8 Å². The number of alkyl halides is 2. The van der Waals surface area contributed by atoms with Crippen molar-refractivity contribution in [2.75, 3.05) is 13.2 Å². The van der Waals surface area contributed by atoms with Crippen LogP contribution in [-0.2, 0) is 0 Å². The number of urea groups is 1. The van der Waals surface area contributed by atoms with E-state index in [1.807, 2.05) is 0 Å². The molecule has 0 bridgehead atoms. The first-order chi connectivity index (χ1) is 16.6. The Balaban J connectivity index is 1.28. The second-order valence-corrected chi connectivity index (χ2v) is 9.75. The van der Waals surface area contributed by atoms with E-state index in [1.54, 1.807) is 12.1 Å². The number of aromatic nitrogens is 1. The number of nitrogens with one attached hydrogen (secondary N) is 3. The summed E-state index contributed by atoms with van der Waals surface area (Å²) in [4.78, 5) is 15.2. The van der Waals surface area contributed by atoms with E-state index < -0.39 is 54.4 Å². The Bertz CT molecular complexity index is 1260. The molecule has 5 nitrogen and oxygen atoms in total. The number of carbonyl (C=O) groups is 1. The summed E-state index contributed by atoms with van der Waals surface area (Å²) in [6.07, 6.45) is 0.0517. The molecule has 1 heterocycles. The molecule has 1 aromatic heterocycles. The summed E-state index contributed by atoms with van der Waals surface area (Å²) < 4.78 is 68.4. The molecule has 0 aliphatic heterocycles. The molecule has 2 aliphatic rings. The molecule has 10 heteroatoms. The van der Waals surface area contributed by atoms with Crippen molar-refractivity contribution >= 4 is 16.9 Å². The van der Waals surface area contributed by atoms with Crippen molar-refractivity contribution in [3.05, 3.63) is 59.4 Å². The Morgan fingerprint density at radius 1 is 1.06 bits per heavy atom. The minimum atomic E-state index is -2.89. The molecule has 3 aromatic rings. The average molecular weight is 493 g/mol. The average Bonchev–Trinajstić information content (AvgIpc) is 3.11. The van der Waals surface area contributed by atoms with Gasteiger partial charge in [-0.1, -0.05) is 0 Å². The van der Waals surface area contributed by atoms with Crippen LogP contribution in [0.2, 0.25) is 0 Å². The van der Waals surface area contributed by atoms with Crippen molar-refractivity contribution in [2.45, 2.75) is 43.1 Å². The first-order valence-electron chi connectivity index (χ1n) is 11.4. The number of halogens is 5. The van der Waals surface area contributed by atoms with Gasteiger partial charge < -0.3 is 20.7 Å². The molecule has 186 valence electrons. The highest BCUT2D eigenvalue weighted by molar-refractivity contribution is 5.92. The molecule has 5 rings (SSSR count). The van der Waals surface area contributed by atoms with E-state index in [1.165, 1.54) is 18.2 Å². The predicted molar refractivity (Wildman–Crippen MR) is 120 cm³/mol. The first kappa shape index (κ1) is 23.6. The molecule has 2 aromatic carbocycles. The van der Waals surface area contributed by atoms with E-state index in [9.17, 15) is 31.9 Å². The number of aliphatic hydroxyl groups is 1. The molecular weight excluding hydrogens is 469 g/mol. The Kier molecular flexibility index (Phi) is 5.74. The Morgan fingerprint density at radius 3 is 2.37 bits per heavy atom. The first-order valence-corrected chi connectivity index (χ1v) is 11.4. The maximum absolute atomic E-state index is 14.5. The highest BCUT2D eigenvalue weighted by Crippen LogP contribution is 2.48. The van der Waals surface area contributed by atoms with Gasteiger partial charge in [0.25, 0.3) is 5.92 Å². The van der Waals surface area contributed by atoms with E-state index in [0.717, 1.165) is 11.6 Å². The molecule has 0 atom stereocenters. The van der Waals surface area contributed by atoms with Crippen LogP contribution in [0.1, 0.15) is 37.2 Å². The molecule has 35 heavy (non-hydrogen) atoms. The number of hydrogen-bond donors (Lipinski definition) is 4. The lowest BCUT2D eigenvalue weighted by molar-refractivity contribution is -0.142. The van der Waals surface area contributed by atoms with Crippen LogP contribution in [-0.4, -0.2) is 40.7 Å². The fourth-order valence-electron chi connectivity index (χ4n) is 5.35. The van der Waals surface area contributed by atoms with E-state index in [2.05, 4.69) is 15.6 Å². The van der Waals surface area contributed by atoms with Gasteiger partial charge in [0.15, 0.2) is 0 Å². The molecule has 2 aliphatic carbocycles. The summed E-state index contributed by atoms with van der Waals surface area (Å²) >= 11 is 0. The maximum Gasteiger partial charge on any atom is 0.315 e. The number of aromatic amines is 1. The van der Waals surface area contributed by atoms with Crippen molar-refractivity contribution in [1.82, 2.24) is 15.6 Å². The maximum atomic E-state index is 14.5. The molecular formula is C25H24F5N3O2. The number of carbonyl (C=O) groups excluding carboxylic acids is 1. The lowest BCUT2D eigenvalue weighted by Gasteiger charge is -2.46. The number of hydrogen-bond acceptors (Lipinski definition) is 2. The van der Waals surface area contributed by atoms with Gasteiger partial charge in [-0.2, -0.15) is 0 Å². The number of H-pyrrole nitrogens is 1. The third kappa shape index (κ3) is 4.47. The fourth-order valence-corrected chi connectivity index (χ4v) is 5.35. The van der Waals surface area contributed by atoms with Gasteiger partial charge >= 0.3 is 6.03 Å². The van der Waals surface area contributed by atoms with E-state index in [0.29, 0.717) is 29.5 Å². The molecule has 0 radical (unpaired) electrons. The van der Waals surface area contributed by atoms with Crippen LogP contribution >= 0.6 is 0 Å². The number of amides is 2. The van der Waals surface area contributed by atoms with Crippen LogP contribution in [0.3, 0.4) is 0 Å². The predicted octanol–water partition coefficient (Wildman–Crippen LogP) is 5.21. The Labute approximate surface area is 197 Å². The molecule has 0 saturated heterocycles. The molecule has 2 fully saturated rings. The monoisotopic (exact) mass is 493 g/mol. The van der Waals surface area contributed by atoms with Crippen molar-refractivity contribution in [3.8, 4) is 11.3 Å². The van der Waals surface area contributed by atoms with Gasteiger partial charge in [0.1, 0.15) is 17.5 Å². The van der Waals surface area contributed by atoms with Crippen LogP contribution in [0.4, 0.5) is 26.7 Å². The second-order valence-electron chi connectivity index (χ2n) is 9.75. The number of benzene rings is 2. The number of fused-ring (bicyclic) bond motifs is 1. The van der Waals surface area contributed by atoms with E-state index >= 15 is 0 Å². The molecule has 0 unspecified atom stereocenters. The molecule has 2 amide bonds. The second kappa shape index (κ2) is 8.51. The fraction of sp³-hybridized carbons (Fsp3) is 0.400. The topological polar surface area (TPSA) is 77.2 Å². The van der Waals surface area contributed by atoms with Crippen LogP contribution < -0.4 is 10.6 Å².